The predicted molar refractivity (Wildman–Crippen MR) is 83.0 cm³/mol. The summed E-state index contributed by atoms with van der Waals surface area (Å²) >= 11 is 0. The summed E-state index contributed by atoms with van der Waals surface area (Å²) in [5.74, 6) is -0.903. The minimum Gasteiger partial charge on any atom is -0.467 e. The van der Waals surface area contributed by atoms with Gasteiger partial charge in [-0.15, -0.1) is 0 Å². The van der Waals surface area contributed by atoms with Crippen molar-refractivity contribution in [1.82, 2.24) is 4.90 Å². The second kappa shape index (κ2) is 7.23. The number of hydrogen-bond donors (Lipinski definition) is 1. The van der Waals surface area contributed by atoms with Crippen molar-refractivity contribution < 1.29 is 23.9 Å². The van der Waals surface area contributed by atoms with Gasteiger partial charge in [-0.05, 0) is 24.3 Å². The molecule has 2 atom stereocenters. The third-order valence-electron chi connectivity index (χ3n) is 3.78. The van der Waals surface area contributed by atoms with Crippen LogP contribution in [-0.2, 0) is 19.1 Å². The van der Waals surface area contributed by atoms with Crippen molar-refractivity contribution in [1.29, 1.82) is 0 Å². The van der Waals surface area contributed by atoms with Crippen LogP contribution in [-0.4, -0.2) is 55.6 Å². The van der Waals surface area contributed by atoms with Gasteiger partial charge in [-0.1, -0.05) is 0 Å². The molecule has 0 aromatic heterocycles. The van der Waals surface area contributed by atoms with E-state index in [4.69, 9.17) is 9.47 Å². The smallest absolute Gasteiger partial charge is 0.328 e. The number of anilines is 1. The van der Waals surface area contributed by atoms with E-state index in [2.05, 4.69) is 5.32 Å². The molecule has 1 saturated heterocycles. The zero-order valence-electron chi connectivity index (χ0n) is 13.4. The number of ether oxygens (including phenoxy) is 2. The lowest BCUT2D eigenvalue weighted by molar-refractivity contribution is -0.145. The van der Waals surface area contributed by atoms with Gasteiger partial charge in [0.05, 0.1) is 13.2 Å². The number of likely N-dealkylation sites (tertiary alicyclic amines) is 1. The van der Waals surface area contributed by atoms with Crippen molar-refractivity contribution in [3.63, 3.8) is 0 Å². The number of nitrogens with zero attached hydrogens (tertiary/aromatic N) is 1. The van der Waals surface area contributed by atoms with E-state index < -0.39 is 12.0 Å². The summed E-state index contributed by atoms with van der Waals surface area (Å²) in [4.78, 5) is 37.0. The van der Waals surface area contributed by atoms with E-state index in [9.17, 15) is 14.4 Å². The first-order valence-corrected chi connectivity index (χ1v) is 7.25. The number of benzene rings is 1. The molecule has 124 valence electrons. The maximum absolute atomic E-state index is 12.6. The van der Waals surface area contributed by atoms with Crippen LogP contribution < -0.4 is 5.32 Å². The van der Waals surface area contributed by atoms with Gasteiger partial charge in [0.15, 0.2) is 0 Å². The highest BCUT2D eigenvalue weighted by Crippen LogP contribution is 2.24. The molecule has 0 saturated carbocycles. The maximum Gasteiger partial charge on any atom is 0.328 e. The Kier molecular flexibility index (Phi) is 5.33. The molecule has 2 rings (SSSR count). The molecule has 1 aromatic rings. The fraction of sp³-hybridized carbons (Fsp3) is 0.438. The van der Waals surface area contributed by atoms with Crippen molar-refractivity contribution in [3.05, 3.63) is 29.8 Å². The SMILES string of the molecule is COC(=O)[C@@H]1C[C@@H](OC)CN1C(=O)c1ccc(NC(C)=O)cc1. The number of carbonyl (C=O) groups is 3. The third-order valence-corrected chi connectivity index (χ3v) is 3.78. The van der Waals surface area contributed by atoms with Crippen molar-refractivity contribution in [2.24, 2.45) is 0 Å². The van der Waals surface area contributed by atoms with Crippen LogP contribution in [0.1, 0.15) is 23.7 Å². The quantitative estimate of drug-likeness (QED) is 0.838. The van der Waals surface area contributed by atoms with Gasteiger partial charge in [0.25, 0.3) is 5.91 Å². The Labute approximate surface area is 134 Å². The van der Waals surface area contributed by atoms with Crippen LogP contribution in [0.5, 0.6) is 0 Å². The normalized spacial score (nSPS) is 20.2. The molecule has 0 bridgehead atoms. The Morgan fingerprint density at radius 2 is 1.83 bits per heavy atom. The fourth-order valence-corrected chi connectivity index (χ4v) is 2.62. The summed E-state index contributed by atoms with van der Waals surface area (Å²) in [5.41, 5.74) is 1.04. The van der Waals surface area contributed by atoms with Gasteiger partial charge in [-0.3, -0.25) is 9.59 Å². The molecule has 1 aliphatic heterocycles. The Morgan fingerprint density at radius 3 is 2.35 bits per heavy atom. The Bertz CT molecular complexity index is 599. The van der Waals surface area contributed by atoms with Gasteiger partial charge in [0.2, 0.25) is 5.91 Å². The summed E-state index contributed by atoms with van der Waals surface area (Å²) in [6, 6.07) is 5.87. The van der Waals surface area contributed by atoms with Crippen LogP contribution in [0.3, 0.4) is 0 Å². The first-order valence-electron chi connectivity index (χ1n) is 7.25. The average Bonchev–Trinajstić information content (AvgIpc) is 2.98. The van der Waals surface area contributed by atoms with Gasteiger partial charge in [-0.2, -0.15) is 0 Å². The fourth-order valence-electron chi connectivity index (χ4n) is 2.62. The molecule has 7 heteroatoms. The summed E-state index contributed by atoms with van der Waals surface area (Å²) in [5, 5.41) is 2.63. The first kappa shape index (κ1) is 17.0. The third kappa shape index (κ3) is 3.87. The van der Waals surface area contributed by atoms with E-state index >= 15 is 0 Å². The van der Waals surface area contributed by atoms with Crippen molar-refractivity contribution >= 4 is 23.5 Å². The highest BCUT2D eigenvalue weighted by molar-refractivity contribution is 5.98. The van der Waals surface area contributed by atoms with Crippen molar-refractivity contribution in [3.8, 4) is 0 Å². The minimum atomic E-state index is -0.646. The number of hydrogen-bond acceptors (Lipinski definition) is 5. The van der Waals surface area contributed by atoms with E-state index in [0.717, 1.165) is 0 Å². The van der Waals surface area contributed by atoms with Gasteiger partial charge < -0.3 is 19.7 Å². The van der Waals surface area contributed by atoms with Crippen LogP contribution >= 0.6 is 0 Å². The number of amides is 2. The second-order valence-electron chi connectivity index (χ2n) is 5.35. The predicted octanol–water partition coefficient (Wildman–Crippen LogP) is 1.05. The molecule has 1 aliphatic rings. The van der Waals surface area contributed by atoms with E-state index in [1.165, 1.54) is 18.9 Å². The molecule has 2 amide bonds. The number of carbonyl (C=O) groups excluding carboxylic acids is 3. The largest absolute Gasteiger partial charge is 0.467 e. The molecule has 1 fully saturated rings. The topological polar surface area (TPSA) is 84.9 Å². The van der Waals surface area contributed by atoms with E-state index in [1.807, 2.05) is 0 Å². The van der Waals surface area contributed by atoms with Crippen LogP contribution in [0.15, 0.2) is 24.3 Å². The summed E-state index contributed by atoms with van der Waals surface area (Å²) < 4.78 is 10.0. The molecule has 1 heterocycles. The van der Waals surface area contributed by atoms with Gasteiger partial charge in [-0.25, -0.2) is 4.79 Å². The molecule has 1 N–H and O–H groups in total. The summed E-state index contributed by atoms with van der Waals surface area (Å²) in [6.07, 6.45) is 0.223. The molecule has 0 radical (unpaired) electrons. The second-order valence-corrected chi connectivity index (χ2v) is 5.35. The minimum absolute atomic E-state index is 0.183. The Balaban J connectivity index is 2.17. The van der Waals surface area contributed by atoms with Gasteiger partial charge in [0.1, 0.15) is 6.04 Å². The lowest BCUT2D eigenvalue weighted by Gasteiger charge is -2.22. The maximum atomic E-state index is 12.6. The van der Waals surface area contributed by atoms with Crippen LogP contribution in [0.2, 0.25) is 0 Å². The first-order chi connectivity index (χ1) is 11.0. The highest BCUT2D eigenvalue weighted by atomic mass is 16.5. The molecule has 7 nitrogen and oxygen atoms in total. The zero-order chi connectivity index (χ0) is 17.0. The lowest BCUT2D eigenvalue weighted by atomic mass is 10.1. The molecule has 0 spiro atoms. The number of rotatable bonds is 4. The van der Waals surface area contributed by atoms with E-state index in [1.54, 1.807) is 31.4 Å². The van der Waals surface area contributed by atoms with Crippen LogP contribution in [0, 0.1) is 0 Å². The molecular weight excluding hydrogens is 300 g/mol. The van der Waals surface area contributed by atoms with E-state index in [-0.39, 0.29) is 17.9 Å². The van der Waals surface area contributed by atoms with Crippen LogP contribution in [0.4, 0.5) is 5.69 Å². The molecule has 23 heavy (non-hydrogen) atoms. The van der Waals surface area contributed by atoms with Crippen molar-refractivity contribution in [2.75, 3.05) is 26.1 Å². The van der Waals surface area contributed by atoms with Gasteiger partial charge >= 0.3 is 5.97 Å². The number of esters is 1. The summed E-state index contributed by atoms with van der Waals surface area (Å²) in [6.45, 7) is 1.75. The lowest BCUT2D eigenvalue weighted by Crippen LogP contribution is -2.41. The Hall–Kier alpha value is -2.41. The molecule has 0 aliphatic carbocycles. The molecule has 0 unspecified atom stereocenters. The molecule has 1 aromatic carbocycles. The van der Waals surface area contributed by atoms with E-state index in [0.29, 0.717) is 24.2 Å². The van der Waals surface area contributed by atoms with Crippen molar-refractivity contribution in [2.45, 2.75) is 25.5 Å². The summed E-state index contributed by atoms with van der Waals surface area (Å²) in [7, 11) is 2.85. The zero-order valence-corrected chi connectivity index (χ0v) is 13.4. The molecular formula is C16H20N2O5. The number of methoxy groups -OCH3 is 2. The highest BCUT2D eigenvalue weighted by Gasteiger charge is 2.40. The monoisotopic (exact) mass is 320 g/mol. The average molecular weight is 320 g/mol. The Morgan fingerprint density at radius 1 is 1.17 bits per heavy atom. The van der Waals surface area contributed by atoms with Crippen LogP contribution in [0.25, 0.3) is 0 Å². The number of nitrogens with one attached hydrogen (secondary N) is 1. The van der Waals surface area contributed by atoms with Gasteiger partial charge in [0, 0.05) is 38.2 Å². The standard InChI is InChI=1S/C16H20N2O5/c1-10(19)17-12-6-4-11(5-7-12)15(20)18-9-13(22-2)8-14(18)16(21)23-3/h4-7,13-14H,8-9H2,1-3H3,(H,17,19)/t13-,14+/m1/s1.